The molecule has 0 aromatic heterocycles. The standard InChI is InChI=1S/C22H22N2O6/c25-19(26)12-30-24-20(27)22(9-10-22)13-23-21(28)29-11-18-16-7-3-1-5-14(16)15-6-2-4-8-17(15)18/h1-8,18H,9-13H2,(H,23,28)(H,24,27)(H,25,26). The van der Waals surface area contributed by atoms with Crippen LogP contribution in [0.3, 0.4) is 0 Å². The summed E-state index contributed by atoms with van der Waals surface area (Å²) in [6, 6.07) is 16.1. The molecular weight excluding hydrogens is 388 g/mol. The second-order valence-corrected chi connectivity index (χ2v) is 7.57. The van der Waals surface area contributed by atoms with Crippen molar-refractivity contribution in [1.29, 1.82) is 0 Å². The predicted molar refractivity (Wildman–Crippen MR) is 106 cm³/mol. The summed E-state index contributed by atoms with van der Waals surface area (Å²) in [5.74, 6) is -1.66. The minimum Gasteiger partial charge on any atom is -0.479 e. The summed E-state index contributed by atoms with van der Waals surface area (Å²) in [5.41, 5.74) is 5.90. The summed E-state index contributed by atoms with van der Waals surface area (Å²) in [4.78, 5) is 39.5. The van der Waals surface area contributed by atoms with E-state index in [1.54, 1.807) is 0 Å². The van der Waals surface area contributed by atoms with Gasteiger partial charge in [0.1, 0.15) is 6.61 Å². The SMILES string of the molecule is O=C(O)CONC(=O)C1(CNC(=O)OCC2c3ccccc3-c3ccccc32)CC1. The van der Waals surface area contributed by atoms with Crippen molar-refractivity contribution in [1.82, 2.24) is 10.8 Å². The first-order valence-electron chi connectivity index (χ1n) is 9.73. The summed E-state index contributed by atoms with van der Waals surface area (Å²) in [6.07, 6.45) is 0.570. The second kappa shape index (κ2) is 8.16. The number of carbonyl (C=O) groups is 3. The fraction of sp³-hybridized carbons (Fsp3) is 0.318. The molecule has 4 rings (SSSR count). The Bertz CT molecular complexity index is 940. The molecule has 0 radical (unpaired) electrons. The Kier molecular flexibility index (Phi) is 5.41. The maximum atomic E-state index is 12.3. The van der Waals surface area contributed by atoms with Crippen LogP contribution in [0.5, 0.6) is 0 Å². The summed E-state index contributed by atoms with van der Waals surface area (Å²) in [7, 11) is 0. The Balaban J connectivity index is 1.31. The second-order valence-electron chi connectivity index (χ2n) is 7.57. The molecule has 0 aliphatic heterocycles. The molecule has 156 valence electrons. The van der Waals surface area contributed by atoms with Gasteiger partial charge in [0.05, 0.1) is 5.41 Å². The van der Waals surface area contributed by atoms with Crippen LogP contribution >= 0.6 is 0 Å². The maximum absolute atomic E-state index is 12.3. The van der Waals surface area contributed by atoms with Gasteiger partial charge in [0, 0.05) is 12.5 Å². The van der Waals surface area contributed by atoms with Gasteiger partial charge in [-0.15, -0.1) is 0 Å². The van der Waals surface area contributed by atoms with Gasteiger partial charge in [0.2, 0.25) is 0 Å². The zero-order chi connectivity index (χ0) is 21.1. The number of ether oxygens (including phenoxy) is 1. The number of carboxylic acid groups (broad SMARTS) is 1. The molecule has 2 aromatic rings. The molecule has 2 amide bonds. The molecule has 2 aromatic carbocycles. The molecule has 0 spiro atoms. The number of amides is 2. The van der Waals surface area contributed by atoms with Crippen LogP contribution in [0, 0.1) is 5.41 Å². The summed E-state index contributed by atoms with van der Waals surface area (Å²) in [6.45, 7) is -0.325. The van der Waals surface area contributed by atoms with E-state index in [4.69, 9.17) is 9.84 Å². The molecular formula is C22H22N2O6. The minimum atomic E-state index is -1.18. The van der Waals surface area contributed by atoms with Crippen LogP contribution in [0.4, 0.5) is 4.79 Å². The molecule has 2 aliphatic carbocycles. The van der Waals surface area contributed by atoms with Gasteiger partial charge in [0.15, 0.2) is 6.61 Å². The van der Waals surface area contributed by atoms with Crippen molar-refractivity contribution in [3.8, 4) is 11.1 Å². The number of carbonyl (C=O) groups excluding carboxylic acids is 2. The molecule has 30 heavy (non-hydrogen) atoms. The van der Waals surface area contributed by atoms with Crippen LogP contribution in [0.1, 0.15) is 29.9 Å². The van der Waals surface area contributed by atoms with Crippen molar-refractivity contribution in [2.75, 3.05) is 19.8 Å². The lowest BCUT2D eigenvalue weighted by atomic mass is 9.98. The van der Waals surface area contributed by atoms with E-state index in [2.05, 4.69) is 27.8 Å². The highest BCUT2D eigenvalue weighted by molar-refractivity contribution is 5.85. The van der Waals surface area contributed by atoms with E-state index >= 15 is 0 Å². The lowest BCUT2D eigenvalue weighted by molar-refractivity contribution is -0.151. The van der Waals surface area contributed by atoms with Gasteiger partial charge in [-0.2, -0.15) is 0 Å². The molecule has 1 fully saturated rings. The van der Waals surface area contributed by atoms with E-state index in [1.165, 1.54) is 0 Å². The lowest BCUT2D eigenvalue weighted by Crippen LogP contribution is -2.41. The van der Waals surface area contributed by atoms with E-state index in [-0.39, 0.29) is 19.1 Å². The highest BCUT2D eigenvalue weighted by Crippen LogP contribution is 2.46. The van der Waals surface area contributed by atoms with Crippen molar-refractivity contribution in [3.63, 3.8) is 0 Å². The number of hydrogen-bond acceptors (Lipinski definition) is 5. The van der Waals surface area contributed by atoms with E-state index in [0.29, 0.717) is 12.8 Å². The smallest absolute Gasteiger partial charge is 0.407 e. The number of nitrogens with one attached hydrogen (secondary N) is 2. The number of carboxylic acids is 1. The molecule has 8 heteroatoms. The first-order chi connectivity index (χ1) is 14.5. The Morgan fingerprint density at radius 2 is 1.60 bits per heavy atom. The van der Waals surface area contributed by atoms with Crippen molar-refractivity contribution in [2.24, 2.45) is 5.41 Å². The molecule has 0 unspecified atom stereocenters. The zero-order valence-corrected chi connectivity index (χ0v) is 16.2. The Morgan fingerprint density at radius 3 is 2.17 bits per heavy atom. The number of rotatable bonds is 8. The number of aliphatic carboxylic acids is 1. The highest BCUT2D eigenvalue weighted by Gasteiger charge is 2.50. The van der Waals surface area contributed by atoms with Crippen molar-refractivity contribution in [2.45, 2.75) is 18.8 Å². The molecule has 8 nitrogen and oxygen atoms in total. The molecule has 0 bridgehead atoms. The van der Waals surface area contributed by atoms with E-state index in [0.717, 1.165) is 22.3 Å². The third-order valence-electron chi connectivity index (χ3n) is 5.61. The van der Waals surface area contributed by atoms with Gasteiger partial charge >= 0.3 is 12.1 Å². The Hall–Kier alpha value is -3.39. The molecule has 0 saturated heterocycles. The fourth-order valence-corrected chi connectivity index (χ4v) is 3.80. The van der Waals surface area contributed by atoms with Gasteiger partial charge in [-0.05, 0) is 35.1 Å². The van der Waals surface area contributed by atoms with E-state index < -0.39 is 30.0 Å². The Morgan fingerprint density at radius 1 is 1.00 bits per heavy atom. The number of fused-ring (bicyclic) bond motifs is 3. The van der Waals surface area contributed by atoms with Crippen LogP contribution < -0.4 is 10.8 Å². The summed E-state index contributed by atoms with van der Waals surface area (Å²) >= 11 is 0. The normalized spacial score (nSPS) is 15.6. The highest BCUT2D eigenvalue weighted by atomic mass is 16.7. The fourth-order valence-electron chi connectivity index (χ4n) is 3.80. The van der Waals surface area contributed by atoms with Crippen molar-refractivity contribution >= 4 is 18.0 Å². The average molecular weight is 410 g/mol. The van der Waals surface area contributed by atoms with Gasteiger partial charge in [-0.25, -0.2) is 15.1 Å². The Labute approximate surface area is 173 Å². The van der Waals surface area contributed by atoms with Gasteiger partial charge in [0.25, 0.3) is 5.91 Å². The number of hydroxylamine groups is 1. The van der Waals surface area contributed by atoms with Crippen molar-refractivity contribution < 1.29 is 29.1 Å². The third-order valence-corrected chi connectivity index (χ3v) is 5.61. The average Bonchev–Trinajstić information content (AvgIpc) is 3.48. The van der Waals surface area contributed by atoms with E-state index in [9.17, 15) is 14.4 Å². The molecule has 3 N–H and O–H groups in total. The van der Waals surface area contributed by atoms with E-state index in [1.807, 2.05) is 36.4 Å². The van der Waals surface area contributed by atoms with Gasteiger partial charge in [-0.1, -0.05) is 48.5 Å². The zero-order valence-electron chi connectivity index (χ0n) is 16.2. The van der Waals surface area contributed by atoms with Crippen LogP contribution in [0.2, 0.25) is 0 Å². The third kappa shape index (κ3) is 3.99. The molecule has 1 saturated carbocycles. The van der Waals surface area contributed by atoms with Gasteiger partial charge in [-0.3, -0.25) is 9.63 Å². The van der Waals surface area contributed by atoms with Crippen LogP contribution in [0.25, 0.3) is 11.1 Å². The largest absolute Gasteiger partial charge is 0.479 e. The monoisotopic (exact) mass is 410 g/mol. The number of alkyl carbamates (subject to hydrolysis) is 1. The predicted octanol–water partition coefficient (Wildman–Crippen LogP) is 2.44. The number of benzene rings is 2. The lowest BCUT2D eigenvalue weighted by Gasteiger charge is -2.17. The quantitative estimate of drug-likeness (QED) is 0.576. The molecule has 2 aliphatic rings. The van der Waals surface area contributed by atoms with Gasteiger partial charge < -0.3 is 15.2 Å². The topological polar surface area (TPSA) is 114 Å². The van der Waals surface area contributed by atoms with Crippen molar-refractivity contribution in [3.05, 3.63) is 59.7 Å². The van der Waals surface area contributed by atoms with Crippen LogP contribution in [-0.4, -0.2) is 42.8 Å². The maximum Gasteiger partial charge on any atom is 0.407 e. The summed E-state index contributed by atoms with van der Waals surface area (Å²) in [5, 5.41) is 11.2. The summed E-state index contributed by atoms with van der Waals surface area (Å²) < 4.78 is 5.46. The van der Waals surface area contributed by atoms with Crippen LogP contribution in [0.15, 0.2) is 48.5 Å². The first-order valence-corrected chi connectivity index (χ1v) is 9.73. The van der Waals surface area contributed by atoms with Crippen LogP contribution in [-0.2, 0) is 19.2 Å². The minimum absolute atomic E-state index is 0.0363. The first kappa shape index (κ1) is 19.9. The molecule has 0 atom stereocenters. The number of hydrogen-bond donors (Lipinski definition) is 3. The molecule has 0 heterocycles.